The monoisotopic (exact) mass is 201 g/mol. The van der Waals surface area contributed by atoms with Gasteiger partial charge in [-0.1, -0.05) is 0 Å². The van der Waals surface area contributed by atoms with Gasteiger partial charge in [0.05, 0.1) is 6.42 Å². The summed E-state index contributed by atoms with van der Waals surface area (Å²) in [4.78, 5) is 15.6. The van der Waals surface area contributed by atoms with Crippen molar-refractivity contribution in [3.8, 4) is 11.8 Å². The Morgan fingerprint density at radius 1 is 1.36 bits per heavy atom. The first-order valence-corrected chi connectivity index (χ1v) is 4.07. The van der Waals surface area contributed by atoms with E-state index in [9.17, 15) is 4.79 Å². The highest BCUT2D eigenvalue weighted by atomic mass is 16.7. The van der Waals surface area contributed by atoms with Crippen LogP contribution in [0, 0.1) is 0 Å². The van der Waals surface area contributed by atoms with E-state index < -0.39 is 5.97 Å². The number of carbonyl (C=O) groups excluding carboxylic acids is 1. The molecule has 78 valence electrons. The number of hydrogen-bond acceptors (Lipinski definition) is 5. The van der Waals surface area contributed by atoms with Crippen LogP contribution in [0.3, 0.4) is 0 Å². The molecule has 0 fully saturated rings. The van der Waals surface area contributed by atoms with Crippen molar-refractivity contribution in [2.45, 2.75) is 12.8 Å². The van der Waals surface area contributed by atoms with Crippen molar-refractivity contribution in [3.05, 3.63) is 12.1 Å². The number of carbonyl (C=O) groups is 1. The topological polar surface area (TPSA) is 91.9 Å². The van der Waals surface area contributed by atoms with Gasteiger partial charge in [0.25, 0.3) is 0 Å². The SMILES string of the molecule is O=C(CCCO)On1c(O)ccc1O. The van der Waals surface area contributed by atoms with Gasteiger partial charge in [-0.2, -0.15) is 0 Å². The largest absolute Gasteiger partial charge is 0.492 e. The first-order chi connectivity index (χ1) is 6.65. The third-order valence-corrected chi connectivity index (χ3v) is 1.53. The van der Waals surface area contributed by atoms with Crippen LogP contribution in [0.4, 0.5) is 0 Å². The second kappa shape index (κ2) is 4.52. The van der Waals surface area contributed by atoms with Crippen molar-refractivity contribution in [2.24, 2.45) is 0 Å². The lowest BCUT2D eigenvalue weighted by Crippen LogP contribution is -2.18. The molecule has 0 atom stereocenters. The van der Waals surface area contributed by atoms with Crippen molar-refractivity contribution >= 4 is 5.97 Å². The van der Waals surface area contributed by atoms with Gasteiger partial charge >= 0.3 is 5.97 Å². The van der Waals surface area contributed by atoms with E-state index in [0.717, 1.165) is 0 Å². The minimum absolute atomic E-state index is 0.0214. The van der Waals surface area contributed by atoms with E-state index in [4.69, 9.17) is 15.3 Å². The molecule has 6 nitrogen and oxygen atoms in total. The molecule has 0 unspecified atom stereocenters. The molecule has 0 amide bonds. The average molecular weight is 201 g/mol. The molecule has 0 aliphatic rings. The minimum Gasteiger partial charge on any atom is -0.492 e. The lowest BCUT2D eigenvalue weighted by molar-refractivity contribution is -0.145. The number of hydrogen-bond donors (Lipinski definition) is 3. The summed E-state index contributed by atoms with van der Waals surface area (Å²) in [6.45, 7) is -0.112. The van der Waals surface area contributed by atoms with Crippen LogP contribution in [0.25, 0.3) is 0 Å². The second-order valence-corrected chi connectivity index (χ2v) is 2.63. The molecule has 0 aromatic carbocycles. The Morgan fingerprint density at radius 2 is 1.93 bits per heavy atom. The molecular formula is C8H11NO5. The Hall–Kier alpha value is -1.69. The zero-order valence-corrected chi connectivity index (χ0v) is 7.38. The maximum absolute atomic E-state index is 11.0. The third kappa shape index (κ3) is 2.40. The zero-order valence-electron chi connectivity index (χ0n) is 7.38. The van der Waals surface area contributed by atoms with E-state index in [-0.39, 0.29) is 31.2 Å². The van der Waals surface area contributed by atoms with E-state index >= 15 is 0 Å². The molecule has 0 aliphatic heterocycles. The number of aliphatic hydroxyl groups excluding tert-OH is 1. The highest BCUT2D eigenvalue weighted by Crippen LogP contribution is 2.18. The number of nitrogens with zero attached hydrogens (tertiary/aromatic N) is 1. The summed E-state index contributed by atoms with van der Waals surface area (Å²) in [5.74, 6) is -1.36. The Bertz CT molecular complexity index is 300. The van der Waals surface area contributed by atoms with Crippen molar-refractivity contribution in [2.75, 3.05) is 6.61 Å². The van der Waals surface area contributed by atoms with Crippen LogP contribution in [-0.2, 0) is 4.79 Å². The highest BCUT2D eigenvalue weighted by Gasteiger charge is 2.11. The van der Waals surface area contributed by atoms with Crippen molar-refractivity contribution in [1.29, 1.82) is 0 Å². The second-order valence-electron chi connectivity index (χ2n) is 2.63. The predicted octanol–water partition coefficient (Wildman–Crippen LogP) is -0.373. The molecule has 0 saturated heterocycles. The van der Waals surface area contributed by atoms with Gasteiger partial charge in [0.1, 0.15) is 0 Å². The summed E-state index contributed by atoms with van der Waals surface area (Å²) in [6, 6.07) is 2.38. The van der Waals surface area contributed by atoms with E-state index in [1.165, 1.54) is 12.1 Å². The van der Waals surface area contributed by atoms with Crippen molar-refractivity contribution in [3.63, 3.8) is 0 Å². The van der Waals surface area contributed by atoms with E-state index in [0.29, 0.717) is 4.73 Å². The van der Waals surface area contributed by atoms with Crippen LogP contribution in [0.15, 0.2) is 12.1 Å². The normalized spacial score (nSPS) is 10.1. The molecule has 14 heavy (non-hydrogen) atoms. The summed E-state index contributed by atoms with van der Waals surface area (Å²) in [6.07, 6.45) is 0.301. The summed E-state index contributed by atoms with van der Waals surface area (Å²) in [5, 5.41) is 26.6. The van der Waals surface area contributed by atoms with Gasteiger partial charge in [0.2, 0.25) is 11.8 Å². The van der Waals surface area contributed by atoms with E-state index in [1.807, 2.05) is 0 Å². The zero-order chi connectivity index (χ0) is 10.6. The van der Waals surface area contributed by atoms with Crippen LogP contribution in [0.2, 0.25) is 0 Å². The van der Waals surface area contributed by atoms with E-state index in [1.54, 1.807) is 0 Å². The molecule has 0 bridgehead atoms. The molecule has 1 aromatic heterocycles. The van der Waals surface area contributed by atoms with Crippen molar-refractivity contribution in [1.82, 2.24) is 4.73 Å². The highest BCUT2D eigenvalue weighted by molar-refractivity contribution is 5.69. The molecular weight excluding hydrogens is 190 g/mol. The van der Waals surface area contributed by atoms with Gasteiger partial charge in [0.15, 0.2) is 0 Å². The van der Waals surface area contributed by atoms with Crippen LogP contribution < -0.4 is 4.84 Å². The Kier molecular flexibility index (Phi) is 3.35. The fourth-order valence-corrected chi connectivity index (χ4v) is 0.866. The molecule has 6 heteroatoms. The first kappa shape index (κ1) is 10.4. The Balaban J connectivity index is 2.55. The van der Waals surface area contributed by atoms with E-state index in [2.05, 4.69) is 4.84 Å². The first-order valence-electron chi connectivity index (χ1n) is 4.07. The molecule has 0 saturated carbocycles. The van der Waals surface area contributed by atoms with Gasteiger partial charge in [-0.25, -0.2) is 4.79 Å². The third-order valence-electron chi connectivity index (χ3n) is 1.53. The summed E-state index contributed by atoms with van der Waals surface area (Å²) in [7, 11) is 0. The maximum Gasteiger partial charge on any atom is 0.333 e. The fourth-order valence-electron chi connectivity index (χ4n) is 0.866. The molecule has 3 N–H and O–H groups in total. The van der Waals surface area contributed by atoms with Crippen LogP contribution >= 0.6 is 0 Å². The lowest BCUT2D eigenvalue weighted by atomic mass is 10.3. The maximum atomic E-state index is 11.0. The van der Waals surface area contributed by atoms with Gasteiger partial charge in [-0.05, 0) is 6.42 Å². The molecule has 0 radical (unpaired) electrons. The van der Waals surface area contributed by atoms with Gasteiger partial charge in [-0.15, -0.1) is 4.73 Å². The standard InChI is InChI=1S/C8H11NO5/c10-5-1-2-8(13)14-9-6(11)3-4-7(9)12/h3-4,10-12H,1-2,5H2. The van der Waals surface area contributed by atoms with Gasteiger partial charge in [-0.3, -0.25) is 0 Å². The Labute approximate surface area is 79.9 Å². The number of aromatic hydroxyl groups is 2. The Morgan fingerprint density at radius 3 is 2.43 bits per heavy atom. The molecule has 0 aliphatic carbocycles. The molecule has 1 aromatic rings. The number of aromatic nitrogens is 1. The van der Waals surface area contributed by atoms with Crippen LogP contribution in [-0.4, -0.2) is 32.6 Å². The van der Waals surface area contributed by atoms with Crippen LogP contribution in [0.5, 0.6) is 11.8 Å². The summed E-state index contributed by atoms with van der Waals surface area (Å²) in [5.41, 5.74) is 0. The predicted molar refractivity (Wildman–Crippen MR) is 45.7 cm³/mol. The number of aliphatic hydroxyl groups is 1. The molecule has 1 rings (SSSR count). The minimum atomic E-state index is -0.638. The lowest BCUT2D eigenvalue weighted by Gasteiger charge is -2.05. The smallest absolute Gasteiger partial charge is 0.333 e. The van der Waals surface area contributed by atoms with Gasteiger partial charge in [0, 0.05) is 18.7 Å². The van der Waals surface area contributed by atoms with Gasteiger partial charge < -0.3 is 20.2 Å². The quantitative estimate of drug-likeness (QED) is 0.618. The summed E-state index contributed by atoms with van der Waals surface area (Å²) < 4.78 is 0.611. The molecule has 0 spiro atoms. The number of rotatable bonds is 4. The average Bonchev–Trinajstić information content (AvgIpc) is 2.46. The summed E-state index contributed by atoms with van der Waals surface area (Å²) >= 11 is 0. The molecule has 1 heterocycles. The fraction of sp³-hybridized carbons (Fsp3) is 0.375. The van der Waals surface area contributed by atoms with Crippen molar-refractivity contribution < 1.29 is 25.0 Å². The van der Waals surface area contributed by atoms with Crippen LogP contribution in [0.1, 0.15) is 12.8 Å².